The van der Waals surface area contributed by atoms with E-state index in [1.807, 2.05) is 67.4 Å². The summed E-state index contributed by atoms with van der Waals surface area (Å²) in [6, 6.07) is 11.7. The van der Waals surface area contributed by atoms with E-state index >= 15 is 0 Å². The third-order valence-electron chi connectivity index (χ3n) is 4.32. The van der Waals surface area contributed by atoms with E-state index in [9.17, 15) is 5.26 Å². The molecular weight excluding hydrogens is 356 g/mol. The second-order valence-electron chi connectivity index (χ2n) is 6.01. The van der Waals surface area contributed by atoms with Gasteiger partial charge in [-0.25, -0.2) is 4.68 Å². The van der Waals surface area contributed by atoms with E-state index in [0.29, 0.717) is 0 Å². The van der Waals surface area contributed by atoms with Gasteiger partial charge < -0.3 is 5.32 Å². The lowest BCUT2D eigenvalue weighted by Gasteiger charge is -2.05. The van der Waals surface area contributed by atoms with Crippen LogP contribution in [0, 0.1) is 18.3 Å². The minimum absolute atomic E-state index is 0.237. The van der Waals surface area contributed by atoms with Crippen LogP contribution in [0.5, 0.6) is 0 Å². The Morgan fingerprint density at radius 3 is 2.71 bits per heavy atom. The number of aryl methyl sites for hydroxylation is 1. The number of nitriles is 1. The SMILES string of the molecule is Cc1c(-c2ccn(-c3ccc(NC=C(C#N)c4nn[nH]n4)cc3)n2)cnn1C. The van der Waals surface area contributed by atoms with Crippen LogP contribution in [0.25, 0.3) is 22.5 Å². The van der Waals surface area contributed by atoms with Crippen molar-refractivity contribution in [3.05, 3.63) is 60.4 Å². The molecule has 0 amide bonds. The fourth-order valence-electron chi connectivity index (χ4n) is 2.65. The summed E-state index contributed by atoms with van der Waals surface area (Å²) in [6.45, 7) is 2.01. The minimum atomic E-state index is 0.237. The lowest BCUT2D eigenvalue weighted by Crippen LogP contribution is -1.97. The van der Waals surface area contributed by atoms with Crippen molar-refractivity contribution in [1.82, 2.24) is 40.2 Å². The molecule has 0 atom stereocenters. The Morgan fingerprint density at radius 2 is 2.07 bits per heavy atom. The standard InChI is InChI=1S/C18H16N10/c1-12-16(11-21-27(12)2)17-7-8-28(24-17)15-5-3-14(4-6-15)20-10-13(9-19)18-22-25-26-23-18/h3-8,10-11,20H,1-2H3,(H,22,23,25,26). The maximum Gasteiger partial charge on any atom is 0.216 e. The van der Waals surface area contributed by atoms with Gasteiger partial charge in [-0.3, -0.25) is 4.68 Å². The molecule has 4 rings (SSSR count). The molecular formula is C18H16N10. The molecule has 0 saturated carbocycles. The lowest BCUT2D eigenvalue weighted by atomic mass is 10.2. The van der Waals surface area contributed by atoms with Gasteiger partial charge in [-0.15, -0.1) is 10.2 Å². The summed E-state index contributed by atoms with van der Waals surface area (Å²) in [6.07, 6.45) is 5.27. The number of hydrogen-bond donors (Lipinski definition) is 2. The van der Waals surface area contributed by atoms with Crippen molar-refractivity contribution in [2.45, 2.75) is 6.92 Å². The fraction of sp³-hybridized carbons (Fsp3) is 0.111. The molecule has 2 N–H and O–H groups in total. The van der Waals surface area contributed by atoms with Gasteiger partial charge in [0.1, 0.15) is 11.6 Å². The summed E-state index contributed by atoms with van der Waals surface area (Å²) in [5, 5.41) is 34.5. The van der Waals surface area contributed by atoms with Crippen molar-refractivity contribution in [2.24, 2.45) is 7.05 Å². The molecule has 0 aliphatic rings. The van der Waals surface area contributed by atoms with Crippen LogP contribution < -0.4 is 5.32 Å². The summed E-state index contributed by atoms with van der Waals surface area (Å²) < 4.78 is 3.63. The molecule has 28 heavy (non-hydrogen) atoms. The zero-order chi connectivity index (χ0) is 19.5. The molecule has 10 heteroatoms. The van der Waals surface area contributed by atoms with Gasteiger partial charge in [-0.2, -0.15) is 20.7 Å². The highest BCUT2D eigenvalue weighted by molar-refractivity contribution is 5.74. The van der Waals surface area contributed by atoms with Gasteiger partial charge in [0.2, 0.25) is 5.82 Å². The van der Waals surface area contributed by atoms with E-state index in [1.165, 1.54) is 6.20 Å². The second kappa shape index (κ2) is 7.16. The van der Waals surface area contributed by atoms with Crippen molar-refractivity contribution in [3.63, 3.8) is 0 Å². The minimum Gasteiger partial charge on any atom is -0.360 e. The summed E-state index contributed by atoms with van der Waals surface area (Å²) in [5.74, 6) is 0.237. The molecule has 4 aromatic rings. The Bertz CT molecular complexity index is 1160. The Hall–Kier alpha value is -4.26. The summed E-state index contributed by atoms with van der Waals surface area (Å²) in [4.78, 5) is 0. The highest BCUT2D eigenvalue weighted by Gasteiger charge is 2.10. The van der Waals surface area contributed by atoms with Gasteiger partial charge in [0.05, 0.1) is 17.6 Å². The first-order valence-electron chi connectivity index (χ1n) is 8.41. The Labute approximate surface area is 160 Å². The first-order chi connectivity index (χ1) is 13.7. The van der Waals surface area contributed by atoms with Gasteiger partial charge in [0, 0.05) is 36.4 Å². The van der Waals surface area contributed by atoms with Crippen LogP contribution in [0.15, 0.2) is 48.9 Å². The average Bonchev–Trinajstić information content (AvgIpc) is 3.46. The van der Waals surface area contributed by atoms with E-state index in [2.05, 4.69) is 36.1 Å². The number of nitrogens with zero attached hydrogens (tertiary/aromatic N) is 8. The molecule has 0 bridgehead atoms. The van der Waals surface area contributed by atoms with Gasteiger partial charge in [0.15, 0.2) is 0 Å². The fourth-order valence-corrected chi connectivity index (χ4v) is 2.65. The zero-order valence-corrected chi connectivity index (χ0v) is 15.2. The maximum atomic E-state index is 9.19. The molecule has 3 heterocycles. The first-order valence-corrected chi connectivity index (χ1v) is 8.41. The number of H-pyrrole nitrogens is 1. The van der Waals surface area contributed by atoms with Crippen molar-refractivity contribution >= 4 is 11.3 Å². The number of nitrogens with one attached hydrogen (secondary N) is 2. The van der Waals surface area contributed by atoms with Crippen LogP contribution in [0.3, 0.4) is 0 Å². The van der Waals surface area contributed by atoms with Crippen molar-refractivity contribution in [2.75, 3.05) is 5.32 Å². The van der Waals surface area contributed by atoms with Gasteiger partial charge in [-0.05, 0) is 42.5 Å². The lowest BCUT2D eigenvalue weighted by molar-refractivity contribution is 0.740. The van der Waals surface area contributed by atoms with Crippen LogP contribution >= 0.6 is 0 Å². The molecule has 0 aliphatic heterocycles. The number of hydrogen-bond acceptors (Lipinski definition) is 7. The van der Waals surface area contributed by atoms with Crippen LogP contribution in [0.4, 0.5) is 5.69 Å². The van der Waals surface area contributed by atoms with Crippen molar-refractivity contribution in [1.29, 1.82) is 5.26 Å². The van der Waals surface area contributed by atoms with E-state index in [-0.39, 0.29) is 11.4 Å². The maximum absolute atomic E-state index is 9.19. The van der Waals surface area contributed by atoms with E-state index in [4.69, 9.17) is 0 Å². The number of allylic oxidation sites excluding steroid dienone is 1. The van der Waals surface area contributed by atoms with E-state index in [0.717, 1.165) is 28.3 Å². The predicted octanol–water partition coefficient (Wildman–Crippen LogP) is 2.07. The highest BCUT2D eigenvalue weighted by atomic mass is 15.5. The van der Waals surface area contributed by atoms with E-state index in [1.54, 1.807) is 4.68 Å². The number of anilines is 1. The number of benzene rings is 1. The third kappa shape index (κ3) is 3.24. The molecule has 138 valence electrons. The molecule has 0 fully saturated rings. The van der Waals surface area contributed by atoms with Gasteiger partial charge >= 0.3 is 0 Å². The third-order valence-corrected chi connectivity index (χ3v) is 4.32. The largest absolute Gasteiger partial charge is 0.360 e. The number of aromatic nitrogens is 8. The van der Waals surface area contributed by atoms with E-state index < -0.39 is 0 Å². The quantitative estimate of drug-likeness (QED) is 0.514. The summed E-state index contributed by atoms with van der Waals surface area (Å²) in [5.41, 5.74) is 4.95. The Morgan fingerprint density at radius 1 is 1.25 bits per heavy atom. The number of aromatic amines is 1. The van der Waals surface area contributed by atoms with Crippen LogP contribution in [-0.2, 0) is 7.05 Å². The molecule has 0 radical (unpaired) electrons. The number of tetrazole rings is 1. The van der Waals surface area contributed by atoms with Crippen LogP contribution in [-0.4, -0.2) is 40.2 Å². The normalized spacial score (nSPS) is 11.4. The van der Waals surface area contributed by atoms with Crippen LogP contribution in [0.1, 0.15) is 11.5 Å². The zero-order valence-electron chi connectivity index (χ0n) is 15.2. The predicted molar refractivity (Wildman–Crippen MR) is 102 cm³/mol. The first kappa shape index (κ1) is 17.2. The molecule has 0 unspecified atom stereocenters. The van der Waals surface area contributed by atoms with Gasteiger partial charge in [-0.1, -0.05) is 0 Å². The molecule has 0 spiro atoms. The smallest absolute Gasteiger partial charge is 0.216 e. The highest BCUT2D eigenvalue weighted by Crippen LogP contribution is 2.22. The summed E-state index contributed by atoms with van der Waals surface area (Å²) >= 11 is 0. The van der Waals surface area contributed by atoms with Crippen molar-refractivity contribution in [3.8, 4) is 23.0 Å². The Kier molecular flexibility index (Phi) is 4.39. The molecule has 0 aliphatic carbocycles. The van der Waals surface area contributed by atoms with Crippen LogP contribution in [0.2, 0.25) is 0 Å². The number of rotatable bonds is 5. The Balaban J connectivity index is 1.51. The molecule has 0 saturated heterocycles. The average molecular weight is 372 g/mol. The summed E-state index contributed by atoms with van der Waals surface area (Å²) in [7, 11) is 1.91. The monoisotopic (exact) mass is 372 g/mol. The second-order valence-corrected chi connectivity index (χ2v) is 6.01. The topological polar surface area (TPSA) is 126 Å². The van der Waals surface area contributed by atoms with Gasteiger partial charge in [0.25, 0.3) is 0 Å². The molecule has 1 aromatic carbocycles. The molecule has 3 aromatic heterocycles. The van der Waals surface area contributed by atoms with Crippen molar-refractivity contribution < 1.29 is 0 Å². The molecule has 10 nitrogen and oxygen atoms in total.